The molecule has 0 aromatic heterocycles. The normalized spacial score (nSPS) is 10.5. The van der Waals surface area contributed by atoms with Crippen molar-refractivity contribution in [3.05, 3.63) is 70.8 Å². The van der Waals surface area contributed by atoms with Crippen molar-refractivity contribution < 1.29 is 9.59 Å². The molecule has 2 N–H and O–H groups in total. The predicted molar refractivity (Wildman–Crippen MR) is 119 cm³/mol. The summed E-state index contributed by atoms with van der Waals surface area (Å²) in [6, 6.07) is 14.2. The second-order valence-electron chi connectivity index (χ2n) is 5.85. The van der Waals surface area contributed by atoms with Crippen molar-refractivity contribution in [2.45, 2.75) is 13.8 Å². The van der Waals surface area contributed by atoms with Gasteiger partial charge >= 0.3 is 0 Å². The van der Waals surface area contributed by atoms with E-state index < -0.39 is 0 Å². The van der Waals surface area contributed by atoms with Crippen LogP contribution in [0.4, 0.5) is 5.69 Å². The highest BCUT2D eigenvalue weighted by Gasteiger charge is 2.12. The maximum atomic E-state index is 12.3. The number of anilines is 1. The van der Waals surface area contributed by atoms with Crippen LogP contribution in [0.5, 0.6) is 0 Å². The molecule has 2 amide bonds. The Kier molecular flexibility index (Phi) is 8.17. The Morgan fingerprint density at radius 1 is 1.07 bits per heavy atom. The summed E-state index contributed by atoms with van der Waals surface area (Å²) in [5.41, 5.74) is 2.02. The number of hydrogen-bond donors (Lipinski definition) is 2. The van der Waals surface area contributed by atoms with Crippen LogP contribution in [0.25, 0.3) is 6.08 Å². The van der Waals surface area contributed by atoms with Gasteiger partial charge in [0.1, 0.15) is 0 Å². The van der Waals surface area contributed by atoms with Gasteiger partial charge in [-0.25, -0.2) is 0 Å². The molecule has 0 heterocycles. The van der Waals surface area contributed by atoms with Crippen LogP contribution in [0.3, 0.4) is 0 Å². The topological polar surface area (TPSA) is 61.4 Å². The van der Waals surface area contributed by atoms with Crippen molar-refractivity contribution in [1.29, 1.82) is 0 Å². The minimum Gasteiger partial charge on any atom is -0.339 e. The Labute approximate surface area is 175 Å². The summed E-state index contributed by atoms with van der Waals surface area (Å²) in [5, 5.41) is 6.21. The highest BCUT2D eigenvalue weighted by atomic mass is 35.5. The number of thiocarbonyl (C=S) groups is 1. The molecule has 0 aliphatic carbocycles. The largest absolute Gasteiger partial charge is 0.339 e. The second kappa shape index (κ2) is 10.6. The lowest BCUT2D eigenvalue weighted by atomic mass is 10.2. The lowest BCUT2D eigenvalue weighted by Crippen LogP contribution is -2.33. The second-order valence-corrected chi connectivity index (χ2v) is 6.67. The molecule has 7 heteroatoms. The highest BCUT2D eigenvalue weighted by molar-refractivity contribution is 7.80. The third kappa shape index (κ3) is 6.18. The molecule has 0 spiro atoms. The van der Waals surface area contributed by atoms with Crippen molar-refractivity contribution in [1.82, 2.24) is 10.2 Å². The average Bonchev–Trinajstić information content (AvgIpc) is 2.68. The van der Waals surface area contributed by atoms with Gasteiger partial charge in [0.15, 0.2) is 5.11 Å². The number of carbonyl (C=O) groups is 2. The van der Waals surface area contributed by atoms with Crippen LogP contribution in [-0.2, 0) is 4.79 Å². The average molecular weight is 416 g/mol. The number of halogens is 1. The van der Waals surface area contributed by atoms with Crippen molar-refractivity contribution >= 4 is 52.5 Å². The zero-order chi connectivity index (χ0) is 20.5. The number of carbonyl (C=O) groups excluding carboxylic acids is 2. The fourth-order valence-corrected chi connectivity index (χ4v) is 2.90. The van der Waals surface area contributed by atoms with Crippen LogP contribution in [0.15, 0.2) is 54.6 Å². The molecule has 5 nitrogen and oxygen atoms in total. The molecule has 0 aliphatic rings. The zero-order valence-corrected chi connectivity index (χ0v) is 17.3. The Bertz CT molecular complexity index is 877. The number of rotatable bonds is 6. The molecular weight excluding hydrogens is 394 g/mol. The van der Waals surface area contributed by atoms with Gasteiger partial charge in [0, 0.05) is 35.4 Å². The van der Waals surface area contributed by atoms with E-state index in [1.807, 2.05) is 32.0 Å². The first-order valence-corrected chi connectivity index (χ1v) is 9.67. The minimum absolute atomic E-state index is 0.0165. The maximum Gasteiger partial charge on any atom is 0.253 e. The molecule has 2 aromatic carbocycles. The van der Waals surface area contributed by atoms with Crippen molar-refractivity contribution in [3.63, 3.8) is 0 Å². The molecule has 0 bridgehead atoms. The minimum atomic E-state index is -0.370. The van der Waals surface area contributed by atoms with Gasteiger partial charge in [0.05, 0.1) is 0 Å². The number of benzene rings is 2. The van der Waals surface area contributed by atoms with Crippen molar-refractivity contribution in [2.24, 2.45) is 0 Å². The summed E-state index contributed by atoms with van der Waals surface area (Å²) in [6.07, 6.45) is 2.98. The van der Waals surface area contributed by atoms with Gasteiger partial charge in [-0.3, -0.25) is 14.9 Å². The van der Waals surface area contributed by atoms with Gasteiger partial charge in [0.25, 0.3) is 5.91 Å². The lowest BCUT2D eigenvalue weighted by molar-refractivity contribution is -0.115. The van der Waals surface area contributed by atoms with E-state index in [9.17, 15) is 9.59 Å². The van der Waals surface area contributed by atoms with Crippen molar-refractivity contribution in [2.75, 3.05) is 18.4 Å². The van der Waals surface area contributed by atoms with Crippen LogP contribution in [0, 0.1) is 0 Å². The molecule has 0 atom stereocenters. The van der Waals surface area contributed by atoms with E-state index >= 15 is 0 Å². The summed E-state index contributed by atoms with van der Waals surface area (Å²) in [7, 11) is 0. The SMILES string of the molecule is CCN(CC)C(=O)c1ccc(NC(=S)NC(=O)/C=C/c2ccccc2Cl)cc1. The molecular formula is C21H22ClN3O2S. The molecule has 0 fully saturated rings. The third-order valence-corrected chi connectivity index (χ3v) is 4.54. The first-order chi connectivity index (χ1) is 13.4. The monoisotopic (exact) mass is 415 g/mol. The van der Waals surface area contributed by atoms with E-state index in [4.69, 9.17) is 23.8 Å². The zero-order valence-electron chi connectivity index (χ0n) is 15.7. The maximum absolute atomic E-state index is 12.3. The fraction of sp³-hybridized carbons (Fsp3) is 0.190. The molecule has 0 saturated heterocycles. The number of amides is 2. The number of hydrogen-bond acceptors (Lipinski definition) is 3. The van der Waals surface area contributed by atoms with Crippen molar-refractivity contribution in [3.8, 4) is 0 Å². The lowest BCUT2D eigenvalue weighted by Gasteiger charge is -2.18. The summed E-state index contributed by atoms with van der Waals surface area (Å²) < 4.78 is 0. The van der Waals surface area contributed by atoms with Gasteiger partial charge in [0.2, 0.25) is 5.91 Å². The Balaban J connectivity index is 1.91. The van der Waals surface area contributed by atoms with Gasteiger partial charge in [-0.2, -0.15) is 0 Å². The van der Waals surface area contributed by atoms with Crippen LogP contribution >= 0.6 is 23.8 Å². The first-order valence-electron chi connectivity index (χ1n) is 8.88. The summed E-state index contributed by atoms with van der Waals surface area (Å²) >= 11 is 11.2. The Morgan fingerprint density at radius 2 is 1.71 bits per heavy atom. The van der Waals surface area contributed by atoms with E-state index in [0.717, 1.165) is 5.56 Å². The summed E-state index contributed by atoms with van der Waals surface area (Å²) in [5.74, 6) is -0.386. The highest BCUT2D eigenvalue weighted by Crippen LogP contribution is 2.16. The molecule has 146 valence electrons. The van der Waals surface area contributed by atoms with Gasteiger partial charge in [-0.15, -0.1) is 0 Å². The molecule has 28 heavy (non-hydrogen) atoms. The molecule has 0 aliphatic heterocycles. The van der Waals surface area contributed by atoms with Crippen LogP contribution < -0.4 is 10.6 Å². The van der Waals surface area contributed by atoms with E-state index in [0.29, 0.717) is 29.4 Å². The van der Waals surface area contributed by atoms with E-state index in [1.54, 1.807) is 41.3 Å². The Hall–Kier alpha value is -2.70. The summed E-state index contributed by atoms with van der Waals surface area (Å²) in [6.45, 7) is 5.21. The standard InChI is InChI=1S/C21H22ClN3O2S/c1-3-25(4-2)20(27)16-9-12-17(13-10-16)23-21(28)24-19(26)14-11-15-7-5-6-8-18(15)22/h5-14H,3-4H2,1-2H3,(H2,23,24,26,28)/b14-11+. The Morgan fingerprint density at radius 3 is 2.32 bits per heavy atom. The van der Waals surface area contributed by atoms with Gasteiger partial charge < -0.3 is 10.2 Å². The third-order valence-electron chi connectivity index (χ3n) is 4.00. The number of nitrogens with zero attached hydrogens (tertiary/aromatic N) is 1. The van der Waals surface area contributed by atoms with E-state index in [-0.39, 0.29) is 16.9 Å². The van der Waals surface area contributed by atoms with Crippen LogP contribution in [0.2, 0.25) is 5.02 Å². The molecule has 0 saturated carbocycles. The van der Waals surface area contributed by atoms with Gasteiger partial charge in [-0.05, 0) is 68.0 Å². The molecule has 2 rings (SSSR count). The molecule has 0 radical (unpaired) electrons. The summed E-state index contributed by atoms with van der Waals surface area (Å²) in [4.78, 5) is 26.0. The molecule has 2 aromatic rings. The fourth-order valence-electron chi connectivity index (χ4n) is 2.48. The predicted octanol–water partition coefficient (Wildman–Crippen LogP) is 4.35. The molecule has 0 unspecified atom stereocenters. The van der Waals surface area contributed by atoms with E-state index in [1.165, 1.54) is 6.08 Å². The number of nitrogens with one attached hydrogen (secondary N) is 2. The van der Waals surface area contributed by atoms with Crippen LogP contribution in [0.1, 0.15) is 29.8 Å². The van der Waals surface area contributed by atoms with Crippen LogP contribution in [-0.4, -0.2) is 34.9 Å². The van der Waals surface area contributed by atoms with E-state index in [2.05, 4.69) is 10.6 Å². The van der Waals surface area contributed by atoms with Gasteiger partial charge in [-0.1, -0.05) is 29.8 Å². The smallest absolute Gasteiger partial charge is 0.253 e. The first kappa shape index (κ1) is 21.6. The quantitative estimate of drug-likeness (QED) is 0.544.